The van der Waals surface area contributed by atoms with Gasteiger partial charge in [0, 0.05) is 0 Å². The summed E-state index contributed by atoms with van der Waals surface area (Å²) in [6, 6.07) is 12.3. The third-order valence-corrected chi connectivity index (χ3v) is 3.23. The molecule has 0 saturated heterocycles. The molecular formula is C18H21NO4. The first-order chi connectivity index (χ1) is 10.8. The van der Waals surface area contributed by atoms with Gasteiger partial charge >= 0.3 is 12.1 Å². The molecule has 0 aromatic heterocycles. The van der Waals surface area contributed by atoms with Gasteiger partial charge in [0.25, 0.3) is 0 Å². The van der Waals surface area contributed by atoms with E-state index < -0.39 is 23.7 Å². The Hall–Kier alpha value is -2.56. The molecule has 0 heterocycles. The zero-order valence-electron chi connectivity index (χ0n) is 13.8. The van der Waals surface area contributed by atoms with Crippen molar-refractivity contribution in [2.75, 3.05) is 7.11 Å². The number of carbonyl (C=O) groups excluding carboxylic acids is 2. The maximum Gasteiger partial charge on any atom is 0.408 e. The van der Waals surface area contributed by atoms with Gasteiger partial charge in [-0.25, -0.2) is 9.59 Å². The van der Waals surface area contributed by atoms with Crippen LogP contribution in [0.5, 0.6) is 0 Å². The van der Waals surface area contributed by atoms with Gasteiger partial charge in [0.05, 0.1) is 7.11 Å². The summed E-state index contributed by atoms with van der Waals surface area (Å²) in [4.78, 5) is 24.2. The highest BCUT2D eigenvalue weighted by Crippen LogP contribution is 2.25. The predicted octanol–water partition coefficient (Wildman–Crippen LogP) is 3.58. The predicted molar refractivity (Wildman–Crippen MR) is 88.1 cm³/mol. The Morgan fingerprint density at radius 1 is 1.04 bits per heavy atom. The third-order valence-electron chi connectivity index (χ3n) is 3.23. The van der Waals surface area contributed by atoms with E-state index in [1.54, 1.807) is 26.8 Å². The number of carbonyl (C=O) groups is 2. The van der Waals surface area contributed by atoms with E-state index in [0.717, 1.165) is 10.8 Å². The summed E-state index contributed by atoms with van der Waals surface area (Å²) in [5, 5.41) is 4.45. The Bertz CT molecular complexity index is 713. The molecule has 0 saturated carbocycles. The Labute approximate surface area is 135 Å². The van der Waals surface area contributed by atoms with E-state index >= 15 is 0 Å². The molecule has 0 aliphatic rings. The van der Waals surface area contributed by atoms with Gasteiger partial charge in [0.1, 0.15) is 5.60 Å². The van der Waals surface area contributed by atoms with Gasteiger partial charge in [0.15, 0.2) is 6.04 Å². The lowest BCUT2D eigenvalue weighted by molar-refractivity contribution is -0.143. The van der Waals surface area contributed by atoms with Crippen LogP contribution in [0.2, 0.25) is 0 Å². The van der Waals surface area contributed by atoms with E-state index in [-0.39, 0.29) is 0 Å². The van der Waals surface area contributed by atoms with Crippen LogP contribution in [0.25, 0.3) is 10.8 Å². The van der Waals surface area contributed by atoms with Gasteiger partial charge in [-0.1, -0.05) is 42.5 Å². The second-order valence-electron chi connectivity index (χ2n) is 6.17. The normalized spacial score (nSPS) is 12.5. The van der Waals surface area contributed by atoms with E-state index in [2.05, 4.69) is 5.32 Å². The summed E-state index contributed by atoms with van der Waals surface area (Å²) in [6.45, 7) is 5.28. The summed E-state index contributed by atoms with van der Waals surface area (Å²) in [5.41, 5.74) is 0.0181. The van der Waals surface area contributed by atoms with Crippen LogP contribution in [0, 0.1) is 0 Å². The lowest BCUT2D eigenvalue weighted by Crippen LogP contribution is -2.38. The molecule has 0 fully saturated rings. The SMILES string of the molecule is COC(=O)[C@@H](NC(=O)OC(C)(C)C)c1cccc2ccccc12. The Morgan fingerprint density at radius 2 is 1.70 bits per heavy atom. The van der Waals surface area contributed by atoms with Crippen LogP contribution in [0.4, 0.5) is 4.79 Å². The molecule has 0 aliphatic carbocycles. The molecule has 0 unspecified atom stereocenters. The molecule has 1 atom stereocenters. The minimum Gasteiger partial charge on any atom is -0.467 e. The van der Waals surface area contributed by atoms with Crippen molar-refractivity contribution in [2.24, 2.45) is 0 Å². The maximum atomic E-state index is 12.2. The topological polar surface area (TPSA) is 64.6 Å². The van der Waals surface area contributed by atoms with E-state index in [4.69, 9.17) is 9.47 Å². The number of esters is 1. The minimum absolute atomic E-state index is 0.549. The maximum absolute atomic E-state index is 12.2. The zero-order valence-corrected chi connectivity index (χ0v) is 13.8. The lowest BCUT2D eigenvalue weighted by Gasteiger charge is -2.23. The smallest absolute Gasteiger partial charge is 0.408 e. The van der Waals surface area contributed by atoms with Gasteiger partial charge in [-0.3, -0.25) is 0 Å². The molecule has 122 valence electrons. The number of fused-ring (bicyclic) bond motifs is 1. The quantitative estimate of drug-likeness (QED) is 0.879. The van der Waals surface area contributed by atoms with Gasteiger partial charge in [-0.05, 0) is 37.1 Å². The van der Waals surface area contributed by atoms with Crippen LogP contribution in [0.1, 0.15) is 32.4 Å². The minimum atomic E-state index is -0.930. The molecule has 5 heteroatoms. The van der Waals surface area contributed by atoms with Crippen molar-refractivity contribution in [2.45, 2.75) is 32.4 Å². The number of hydrogen-bond acceptors (Lipinski definition) is 4. The second kappa shape index (κ2) is 6.69. The number of ether oxygens (including phenoxy) is 2. The van der Waals surface area contributed by atoms with Crippen LogP contribution in [-0.2, 0) is 14.3 Å². The average molecular weight is 315 g/mol. The van der Waals surface area contributed by atoms with E-state index in [0.29, 0.717) is 5.56 Å². The summed E-state index contributed by atoms with van der Waals surface area (Å²) in [7, 11) is 1.29. The average Bonchev–Trinajstić information content (AvgIpc) is 2.50. The molecule has 2 rings (SSSR count). The van der Waals surface area contributed by atoms with E-state index in [9.17, 15) is 9.59 Å². The van der Waals surface area contributed by atoms with Crippen molar-refractivity contribution in [3.63, 3.8) is 0 Å². The number of hydrogen-bond donors (Lipinski definition) is 1. The third kappa shape index (κ3) is 4.22. The molecule has 1 N–H and O–H groups in total. The van der Waals surface area contributed by atoms with Crippen LogP contribution in [-0.4, -0.2) is 24.8 Å². The van der Waals surface area contributed by atoms with Crippen molar-refractivity contribution >= 4 is 22.8 Å². The van der Waals surface area contributed by atoms with E-state index in [1.807, 2.05) is 36.4 Å². The van der Waals surface area contributed by atoms with Crippen molar-refractivity contribution in [3.05, 3.63) is 48.0 Å². The molecule has 5 nitrogen and oxygen atoms in total. The standard InChI is InChI=1S/C18H21NO4/c1-18(2,3)23-17(21)19-15(16(20)22-4)14-11-7-9-12-8-5-6-10-13(12)14/h5-11,15H,1-4H3,(H,19,21)/t15-/m0/s1. The zero-order chi connectivity index (χ0) is 17.0. The fraction of sp³-hybridized carbons (Fsp3) is 0.333. The first-order valence-corrected chi connectivity index (χ1v) is 7.37. The van der Waals surface area contributed by atoms with Gasteiger partial charge in [-0.15, -0.1) is 0 Å². The van der Waals surface area contributed by atoms with Crippen molar-refractivity contribution in [1.29, 1.82) is 0 Å². The van der Waals surface area contributed by atoms with Crippen molar-refractivity contribution in [1.82, 2.24) is 5.32 Å². The first-order valence-electron chi connectivity index (χ1n) is 7.37. The molecule has 0 aliphatic heterocycles. The van der Waals surface area contributed by atoms with Gasteiger partial charge < -0.3 is 14.8 Å². The number of alkyl carbamates (subject to hydrolysis) is 1. The van der Waals surface area contributed by atoms with Crippen LogP contribution in [0.15, 0.2) is 42.5 Å². The number of nitrogens with one attached hydrogen (secondary N) is 1. The molecule has 23 heavy (non-hydrogen) atoms. The largest absolute Gasteiger partial charge is 0.467 e. The Balaban J connectivity index is 2.38. The van der Waals surface area contributed by atoms with Gasteiger partial charge in [0.2, 0.25) is 0 Å². The van der Waals surface area contributed by atoms with E-state index in [1.165, 1.54) is 7.11 Å². The lowest BCUT2D eigenvalue weighted by atomic mass is 9.99. The highest BCUT2D eigenvalue weighted by atomic mass is 16.6. The number of methoxy groups -OCH3 is 1. The molecule has 2 aromatic carbocycles. The fourth-order valence-corrected chi connectivity index (χ4v) is 2.31. The summed E-state index contributed by atoms with van der Waals surface area (Å²) < 4.78 is 10.1. The monoisotopic (exact) mass is 315 g/mol. The first kappa shape index (κ1) is 16.8. The Morgan fingerprint density at radius 3 is 2.35 bits per heavy atom. The van der Waals surface area contributed by atoms with Crippen LogP contribution in [0.3, 0.4) is 0 Å². The number of rotatable bonds is 3. The molecule has 0 spiro atoms. The molecule has 0 bridgehead atoms. The van der Waals surface area contributed by atoms with Crippen molar-refractivity contribution in [3.8, 4) is 0 Å². The number of benzene rings is 2. The summed E-state index contributed by atoms with van der Waals surface area (Å²) >= 11 is 0. The molecule has 2 aromatic rings. The molecule has 1 amide bonds. The fourth-order valence-electron chi connectivity index (χ4n) is 2.31. The summed E-state index contributed by atoms with van der Waals surface area (Å²) in [5.74, 6) is -0.549. The highest BCUT2D eigenvalue weighted by Gasteiger charge is 2.27. The van der Waals surface area contributed by atoms with Crippen LogP contribution >= 0.6 is 0 Å². The summed E-state index contributed by atoms with van der Waals surface area (Å²) in [6.07, 6.45) is -0.666. The van der Waals surface area contributed by atoms with Crippen molar-refractivity contribution < 1.29 is 19.1 Å². The number of amides is 1. The Kier molecular flexibility index (Phi) is 4.89. The van der Waals surface area contributed by atoms with Gasteiger partial charge in [-0.2, -0.15) is 0 Å². The highest BCUT2D eigenvalue weighted by molar-refractivity contribution is 5.92. The second-order valence-corrected chi connectivity index (χ2v) is 6.17. The molecule has 0 radical (unpaired) electrons. The molecular weight excluding hydrogens is 294 g/mol. The van der Waals surface area contributed by atoms with Crippen LogP contribution < -0.4 is 5.32 Å².